The Labute approximate surface area is 161 Å². The monoisotopic (exact) mass is 375 g/mol. The zero-order valence-corrected chi connectivity index (χ0v) is 17.0. The van der Waals surface area contributed by atoms with Crippen LogP contribution < -0.4 is 4.90 Å². The van der Waals surface area contributed by atoms with Crippen molar-refractivity contribution < 1.29 is 0 Å². The number of anilines is 1. The van der Waals surface area contributed by atoms with E-state index in [1.807, 2.05) is 18.3 Å². The molecule has 0 aliphatic carbocycles. The van der Waals surface area contributed by atoms with Gasteiger partial charge in [-0.2, -0.15) is 0 Å². The average Bonchev–Trinajstić information content (AvgIpc) is 3.11. The third kappa shape index (κ3) is 4.72. The maximum atomic E-state index is 5.29. The Morgan fingerprint density at radius 2 is 1.96 bits per heavy atom. The van der Waals surface area contributed by atoms with Crippen molar-refractivity contribution in [2.45, 2.75) is 26.7 Å². The molecule has 2 heterocycles. The highest BCUT2D eigenvalue weighted by molar-refractivity contribution is 7.80. The minimum atomic E-state index is 1.03. The van der Waals surface area contributed by atoms with Crippen molar-refractivity contribution in [2.24, 2.45) is 0 Å². The van der Waals surface area contributed by atoms with Crippen molar-refractivity contribution in [3.8, 4) is 0 Å². The number of nitrogens with zero attached hydrogens (tertiary/aromatic N) is 3. The van der Waals surface area contributed by atoms with Gasteiger partial charge in [0.1, 0.15) is 0 Å². The molecule has 3 nitrogen and oxygen atoms in total. The third-order valence-corrected chi connectivity index (χ3v) is 6.31. The standard InChI is InChI=1S/C20H29N3S2/c1-3-22(17(2)24)11-5-4-10-21-12-14-23(15-13-21)19-7-6-8-20-18(19)9-16-25-20/h6-9,16H,3-5,10-15H2,1-2H3. The lowest BCUT2D eigenvalue weighted by atomic mass is 10.1. The van der Waals surface area contributed by atoms with Gasteiger partial charge in [-0.15, -0.1) is 11.3 Å². The normalized spacial score (nSPS) is 15.7. The van der Waals surface area contributed by atoms with E-state index >= 15 is 0 Å². The van der Waals surface area contributed by atoms with E-state index in [0.29, 0.717) is 0 Å². The van der Waals surface area contributed by atoms with Gasteiger partial charge in [-0.1, -0.05) is 18.3 Å². The second kappa shape index (κ2) is 8.97. The number of rotatable bonds is 7. The highest BCUT2D eigenvalue weighted by Gasteiger charge is 2.18. The van der Waals surface area contributed by atoms with Crippen molar-refractivity contribution in [3.05, 3.63) is 29.6 Å². The van der Waals surface area contributed by atoms with E-state index < -0.39 is 0 Å². The molecule has 1 aliphatic heterocycles. The molecule has 1 aromatic heterocycles. The second-order valence-electron chi connectivity index (χ2n) is 6.74. The molecule has 0 atom stereocenters. The molecule has 0 saturated carbocycles. The Morgan fingerprint density at radius 3 is 2.68 bits per heavy atom. The van der Waals surface area contributed by atoms with Crippen LogP contribution in [-0.2, 0) is 0 Å². The molecular formula is C20H29N3S2. The molecule has 1 aliphatic rings. The third-order valence-electron chi connectivity index (χ3n) is 5.17. The van der Waals surface area contributed by atoms with Gasteiger partial charge in [-0.3, -0.25) is 4.90 Å². The van der Waals surface area contributed by atoms with Crippen LogP contribution in [0.15, 0.2) is 29.6 Å². The predicted molar refractivity (Wildman–Crippen MR) is 115 cm³/mol. The molecule has 1 saturated heterocycles. The molecule has 0 radical (unpaired) electrons. The first kappa shape index (κ1) is 18.6. The van der Waals surface area contributed by atoms with Crippen LogP contribution in [0.2, 0.25) is 0 Å². The predicted octanol–water partition coefficient (Wildman–Crippen LogP) is 4.47. The van der Waals surface area contributed by atoms with Crippen molar-refractivity contribution >= 4 is 44.3 Å². The summed E-state index contributed by atoms with van der Waals surface area (Å²) in [5, 5.41) is 3.61. The molecule has 25 heavy (non-hydrogen) atoms. The number of hydrogen-bond acceptors (Lipinski definition) is 4. The van der Waals surface area contributed by atoms with Crippen LogP contribution in [0.4, 0.5) is 5.69 Å². The van der Waals surface area contributed by atoms with Crippen molar-refractivity contribution in [3.63, 3.8) is 0 Å². The number of fused-ring (bicyclic) bond motifs is 1. The molecule has 0 amide bonds. The van der Waals surface area contributed by atoms with E-state index in [2.05, 4.69) is 51.3 Å². The summed E-state index contributed by atoms with van der Waals surface area (Å²) < 4.78 is 1.40. The van der Waals surface area contributed by atoms with Gasteiger partial charge in [-0.05, 0) is 56.8 Å². The van der Waals surface area contributed by atoms with Crippen LogP contribution in [0.3, 0.4) is 0 Å². The lowest BCUT2D eigenvalue weighted by molar-refractivity contribution is 0.249. The van der Waals surface area contributed by atoms with Gasteiger partial charge < -0.3 is 9.80 Å². The van der Waals surface area contributed by atoms with Crippen LogP contribution >= 0.6 is 23.6 Å². The largest absolute Gasteiger partial charge is 0.368 e. The zero-order chi connectivity index (χ0) is 17.6. The summed E-state index contributed by atoms with van der Waals surface area (Å²) in [5.74, 6) is 0. The number of thiophene rings is 1. The number of hydrogen-bond donors (Lipinski definition) is 0. The minimum absolute atomic E-state index is 1.03. The molecule has 5 heteroatoms. The number of unbranched alkanes of at least 4 members (excludes halogenated alkanes) is 1. The van der Waals surface area contributed by atoms with Gasteiger partial charge >= 0.3 is 0 Å². The van der Waals surface area contributed by atoms with Crippen molar-refractivity contribution in [1.82, 2.24) is 9.80 Å². The fourth-order valence-corrected chi connectivity index (χ4v) is 4.67. The molecule has 0 spiro atoms. The molecule has 1 aromatic carbocycles. The lowest BCUT2D eigenvalue weighted by Crippen LogP contribution is -2.46. The Morgan fingerprint density at radius 1 is 1.16 bits per heavy atom. The molecule has 0 unspecified atom stereocenters. The Kier molecular flexibility index (Phi) is 6.68. The topological polar surface area (TPSA) is 9.72 Å². The fourth-order valence-electron chi connectivity index (χ4n) is 3.64. The molecule has 136 valence electrons. The molecule has 3 rings (SSSR count). The summed E-state index contributed by atoms with van der Waals surface area (Å²) >= 11 is 7.12. The van der Waals surface area contributed by atoms with E-state index in [1.54, 1.807) is 0 Å². The lowest BCUT2D eigenvalue weighted by Gasteiger charge is -2.36. The summed E-state index contributed by atoms with van der Waals surface area (Å²) in [6.07, 6.45) is 2.50. The maximum absolute atomic E-state index is 5.29. The van der Waals surface area contributed by atoms with Crippen LogP contribution in [0.1, 0.15) is 26.7 Å². The molecule has 0 N–H and O–H groups in total. The zero-order valence-electron chi connectivity index (χ0n) is 15.4. The summed E-state index contributed by atoms with van der Waals surface area (Å²) in [4.78, 5) is 8.50. The number of piperazine rings is 1. The van der Waals surface area contributed by atoms with Gasteiger partial charge in [0.2, 0.25) is 0 Å². The Hall–Kier alpha value is -1.17. The van der Waals surface area contributed by atoms with Crippen LogP contribution in [0, 0.1) is 0 Å². The first-order chi connectivity index (χ1) is 12.2. The summed E-state index contributed by atoms with van der Waals surface area (Å²) in [7, 11) is 0. The Bertz CT molecular complexity index is 689. The first-order valence-corrected chi connectivity index (χ1v) is 10.7. The number of benzene rings is 1. The van der Waals surface area contributed by atoms with Gasteiger partial charge in [0, 0.05) is 55.0 Å². The van der Waals surface area contributed by atoms with Gasteiger partial charge in [0.05, 0.1) is 4.99 Å². The van der Waals surface area contributed by atoms with E-state index in [9.17, 15) is 0 Å². The maximum Gasteiger partial charge on any atom is 0.0747 e. The highest BCUT2D eigenvalue weighted by atomic mass is 32.1. The van der Waals surface area contributed by atoms with Crippen LogP contribution in [0.25, 0.3) is 10.1 Å². The molecular weight excluding hydrogens is 346 g/mol. The second-order valence-corrected chi connectivity index (χ2v) is 8.28. The van der Waals surface area contributed by atoms with E-state index in [0.717, 1.165) is 31.2 Å². The highest BCUT2D eigenvalue weighted by Crippen LogP contribution is 2.31. The smallest absolute Gasteiger partial charge is 0.0747 e. The van der Waals surface area contributed by atoms with Gasteiger partial charge in [-0.25, -0.2) is 0 Å². The minimum Gasteiger partial charge on any atom is -0.368 e. The fraction of sp³-hybridized carbons (Fsp3) is 0.550. The van der Waals surface area contributed by atoms with Gasteiger partial charge in [0.25, 0.3) is 0 Å². The first-order valence-electron chi connectivity index (χ1n) is 9.38. The van der Waals surface area contributed by atoms with Crippen molar-refractivity contribution in [1.29, 1.82) is 0 Å². The molecule has 1 fully saturated rings. The van der Waals surface area contributed by atoms with E-state index in [1.165, 1.54) is 48.2 Å². The van der Waals surface area contributed by atoms with Crippen LogP contribution in [0.5, 0.6) is 0 Å². The van der Waals surface area contributed by atoms with Gasteiger partial charge in [0.15, 0.2) is 0 Å². The van der Waals surface area contributed by atoms with E-state index in [4.69, 9.17) is 12.2 Å². The number of thiocarbonyl (C=S) groups is 1. The average molecular weight is 376 g/mol. The molecule has 2 aromatic rings. The summed E-state index contributed by atoms with van der Waals surface area (Å²) in [6, 6.07) is 8.95. The van der Waals surface area contributed by atoms with E-state index in [-0.39, 0.29) is 0 Å². The SMILES string of the molecule is CCN(CCCCN1CCN(c2cccc3sccc23)CC1)C(C)=S. The Balaban J connectivity index is 1.43. The van der Waals surface area contributed by atoms with Crippen molar-refractivity contribution in [2.75, 3.05) is 50.7 Å². The summed E-state index contributed by atoms with van der Waals surface area (Å²) in [5.41, 5.74) is 1.41. The molecule has 0 bridgehead atoms. The summed E-state index contributed by atoms with van der Waals surface area (Å²) in [6.45, 7) is 12.2. The van der Waals surface area contributed by atoms with Crippen LogP contribution in [-0.4, -0.2) is 60.6 Å². The quantitative estimate of drug-likeness (QED) is 0.521.